The van der Waals surface area contributed by atoms with Crippen molar-refractivity contribution in [2.75, 3.05) is 5.75 Å². The van der Waals surface area contributed by atoms with Gasteiger partial charge in [0.2, 0.25) is 11.8 Å². The Balaban J connectivity index is 0.00000253. The molecule has 0 spiro atoms. The zero-order valence-corrected chi connectivity index (χ0v) is 23.6. The van der Waals surface area contributed by atoms with Crippen LogP contribution >= 0.6 is 11.8 Å². The molecular formula is C22H23N4NaO9S2+2. The van der Waals surface area contributed by atoms with Gasteiger partial charge in [-0.3, -0.25) is 23.8 Å². The minimum atomic E-state index is -4.85. The number of primary amides is 1. The number of aliphatic carboxylic acids is 1. The van der Waals surface area contributed by atoms with Gasteiger partial charge in [0.05, 0.1) is 5.56 Å². The van der Waals surface area contributed by atoms with Crippen LogP contribution in [0.5, 0.6) is 0 Å². The van der Waals surface area contributed by atoms with Gasteiger partial charge < -0.3 is 21.6 Å². The molecule has 16 heteroatoms. The van der Waals surface area contributed by atoms with E-state index in [1.807, 2.05) is 0 Å². The van der Waals surface area contributed by atoms with Crippen LogP contribution in [0.2, 0.25) is 0 Å². The predicted molar refractivity (Wildman–Crippen MR) is 129 cm³/mol. The van der Waals surface area contributed by atoms with Gasteiger partial charge in [0.15, 0.2) is 24.2 Å². The minimum absolute atomic E-state index is 0. The summed E-state index contributed by atoms with van der Waals surface area (Å²) in [6.45, 7) is 0.125. The van der Waals surface area contributed by atoms with Crippen molar-refractivity contribution in [1.82, 2.24) is 10.2 Å². The number of hydrogen-bond donors (Lipinski definition) is 4. The number of carboxylic acid groups (broad SMARTS) is 1. The summed E-state index contributed by atoms with van der Waals surface area (Å²) in [7, 11) is -4.85. The molecule has 1 fully saturated rings. The van der Waals surface area contributed by atoms with Gasteiger partial charge in [0.1, 0.15) is 17.1 Å². The fourth-order valence-electron chi connectivity index (χ4n) is 4.07. The van der Waals surface area contributed by atoms with Crippen molar-refractivity contribution in [3.05, 3.63) is 77.3 Å². The third kappa shape index (κ3) is 6.26. The number of carbonyl (C=O) groups excluding carboxylic acids is 3. The van der Waals surface area contributed by atoms with Gasteiger partial charge in [0, 0.05) is 23.5 Å². The number of β-lactam (4-membered cyclic amide) rings is 1. The molecule has 0 radical (unpaired) electrons. The number of benzene rings is 1. The second-order valence-corrected chi connectivity index (χ2v) is 10.7. The second kappa shape index (κ2) is 12.4. The molecule has 1 aromatic carbocycles. The maximum atomic E-state index is 12.9. The number of pyridine rings is 1. The summed E-state index contributed by atoms with van der Waals surface area (Å²) in [5.74, 6) is -3.53. The smallest absolute Gasteiger partial charge is 0.477 e. The van der Waals surface area contributed by atoms with Gasteiger partial charge >= 0.3 is 35.5 Å². The van der Waals surface area contributed by atoms with E-state index in [2.05, 4.69) is 5.32 Å². The third-order valence-electron chi connectivity index (χ3n) is 5.73. The molecule has 13 nitrogen and oxygen atoms in total. The quantitative estimate of drug-likeness (QED) is 0.103. The van der Waals surface area contributed by atoms with Crippen molar-refractivity contribution in [2.45, 2.75) is 23.2 Å². The maximum absolute atomic E-state index is 12.9. The molecule has 0 aliphatic carbocycles. The minimum Gasteiger partial charge on any atom is -0.477 e. The Labute approximate surface area is 243 Å². The van der Waals surface area contributed by atoms with Gasteiger partial charge in [-0.2, -0.15) is 8.42 Å². The van der Waals surface area contributed by atoms with Crippen molar-refractivity contribution >= 4 is 45.6 Å². The first-order valence-electron chi connectivity index (χ1n) is 10.5. The molecule has 2 aromatic rings. The molecule has 3 atom stereocenters. The average Bonchev–Trinajstić information content (AvgIpc) is 2.82. The van der Waals surface area contributed by atoms with E-state index in [4.69, 9.17) is 5.73 Å². The normalized spacial score (nSPS) is 19.2. The molecule has 1 aromatic heterocycles. The number of rotatable bonds is 8. The average molecular weight is 575 g/mol. The molecule has 196 valence electrons. The van der Waals surface area contributed by atoms with Gasteiger partial charge in [-0.05, 0) is 5.56 Å². The summed E-state index contributed by atoms with van der Waals surface area (Å²) in [6, 6.07) is 9.12. The number of nitrogens with one attached hydrogen (secondary N) is 1. The van der Waals surface area contributed by atoms with Crippen LogP contribution in [0.1, 0.15) is 21.2 Å². The molecule has 1 unspecified atom stereocenters. The Hall–Kier alpha value is -2.79. The fourth-order valence-corrected chi connectivity index (χ4v) is 6.24. The van der Waals surface area contributed by atoms with Crippen LogP contribution in [0.4, 0.5) is 0 Å². The Morgan fingerprint density at radius 3 is 2.29 bits per heavy atom. The van der Waals surface area contributed by atoms with Crippen molar-refractivity contribution in [2.24, 2.45) is 5.73 Å². The van der Waals surface area contributed by atoms with Gasteiger partial charge in [-0.15, -0.1) is 11.8 Å². The van der Waals surface area contributed by atoms with Crippen LogP contribution in [-0.2, 0) is 31.0 Å². The number of carbonyl (C=O) groups is 4. The number of aromatic nitrogens is 1. The van der Waals surface area contributed by atoms with Gasteiger partial charge in [-0.1, -0.05) is 30.3 Å². The first-order valence-corrected chi connectivity index (χ1v) is 13.0. The van der Waals surface area contributed by atoms with Crippen LogP contribution in [0, 0.1) is 0 Å². The Bertz CT molecular complexity index is 1390. The van der Waals surface area contributed by atoms with Crippen molar-refractivity contribution in [3.8, 4) is 0 Å². The van der Waals surface area contributed by atoms with E-state index in [0.717, 1.165) is 4.90 Å². The molecule has 3 amide bonds. The van der Waals surface area contributed by atoms with Crippen molar-refractivity contribution < 1.29 is 76.9 Å². The summed E-state index contributed by atoms with van der Waals surface area (Å²) in [5.41, 5.74) is 5.73. The number of amides is 3. The topological polar surface area (TPSA) is 220 Å². The monoisotopic (exact) mass is 574 g/mol. The predicted octanol–water partition coefficient (Wildman–Crippen LogP) is -4.38. The molecule has 3 heterocycles. The van der Waals surface area contributed by atoms with E-state index in [1.165, 1.54) is 48.2 Å². The number of nitrogens with zero attached hydrogens (tertiary/aromatic N) is 2. The standard InChI is InChI=1S/C22H20N4O8S2.Na.H2O/c23-18(27)13-6-8-25(9-7-13)10-14-11-35-21-15(20(29)26(21)16(14)22(30)31)24-19(28)17(36(32,33)34)12-4-2-1-3-5-12;;/h1-9,15,17,21H,10-11H2,(H4-,23,24,27,28,30,31,32,33,34);;1H2/q;+1;/p+1/t15-,17?,21-;;/m1../s1. The van der Waals surface area contributed by atoms with Gasteiger partial charge in [-0.25, -0.2) is 9.36 Å². The zero-order valence-electron chi connectivity index (χ0n) is 20.0. The largest absolute Gasteiger partial charge is 1.00 e. The first kappa shape index (κ1) is 31.4. The SMILES string of the molecule is NC(=O)c1cc[n+](CC2=C(C(=O)O)N3C(=O)[C@@H](NC(=O)C(c4ccccc4)S(=O)(=O)O)[C@H]3SC2)cc1.O.[Na+]. The summed E-state index contributed by atoms with van der Waals surface area (Å²) < 4.78 is 35.1. The number of thioether (sulfide) groups is 1. The molecular weight excluding hydrogens is 551 g/mol. The number of nitrogens with two attached hydrogens (primary N) is 1. The molecule has 2 aliphatic rings. The van der Waals surface area contributed by atoms with Gasteiger partial charge in [0.25, 0.3) is 16.0 Å². The Morgan fingerprint density at radius 2 is 1.76 bits per heavy atom. The van der Waals surface area contributed by atoms with E-state index in [1.54, 1.807) is 23.0 Å². The van der Waals surface area contributed by atoms with Crippen molar-refractivity contribution in [1.29, 1.82) is 0 Å². The summed E-state index contributed by atoms with van der Waals surface area (Å²) in [5, 5.41) is 9.47. The summed E-state index contributed by atoms with van der Waals surface area (Å²) >= 11 is 1.21. The first-order chi connectivity index (χ1) is 17.0. The molecule has 4 rings (SSSR count). The number of carboxylic acids is 1. The Kier molecular flexibility index (Phi) is 10.2. The molecule has 0 saturated carbocycles. The van der Waals surface area contributed by atoms with Crippen LogP contribution in [-0.4, -0.2) is 69.3 Å². The summed E-state index contributed by atoms with van der Waals surface area (Å²) in [6.07, 6.45) is 3.12. The molecule has 7 N–H and O–H groups in total. The van der Waals surface area contributed by atoms with Crippen LogP contribution in [0.3, 0.4) is 0 Å². The molecule has 1 saturated heterocycles. The second-order valence-electron chi connectivity index (χ2n) is 8.08. The fraction of sp³-hybridized carbons (Fsp3) is 0.227. The third-order valence-corrected chi connectivity index (χ3v) is 8.16. The Morgan fingerprint density at radius 1 is 1.16 bits per heavy atom. The van der Waals surface area contributed by atoms with E-state index in [-0.39, 0.29) is 64.2 Å². The van der Waals surface area contributed by atoms with E-state index in [9.17, 15) is 37.3 Å². The van der Waals surface area contributed by atoms with E-state index in [0.29, 0.717) is 5.57 Å². The van der Waals surface area contributed by atoms with Crippen molar-refractivity contribution in [3.63, 3.8) is 0 Å². The molecule has 2 aliphatic heterocycles. The maximum Gasteiger partial charge on any atom is 1.00 e. The zero-order chi connectivity index (χ0) is 26.2. The van der Waals surface area contributed by atoms with Crippen LogP contribution < -0.4 is 45.2 Å². The van der Waals surface area contributed by atoms with Crippen LogP contribution in [0.25, 0.3) is 0 Å². The van der Waals surface area contributed by atoms with E-state index >= 15 is 0 Å². The number of hydrogen-bond acceptors (Lipinski definition) is 7. The molecule has 0 bridgehead atoms. The summed E-state index contributed by atoms with van der Waals surface area (Å²) in [4.78, 5) is 50.1. The molecule has 38 heavy (non-hydrogen) atoms. The van der Waals surface area contributed by atoms with E-state index < -0.39 is 50.5 Å². The number of fused-ring (bicyclic) bond motifs is 1. The van der Waals surface area contributed by atoms with Crippen LogP contribution in [0.15, 0.2) is 66.1 Å².